The number of rotatable bonds is 12. The zero-order chi connectivity index (χ0) is 30.8. The number of carbonyl (C=O) groups is 4. The monoisotopic (exact) mass is 592 g/mol. The minimum absolute atomic E-state index is 0.0985. The Morgan fingerprint density at radius 3 is 2.33 bits per heavy atom. The molecule has 0 saturated carbocycles. The van der Waals surface area contributed by atoms with Gasteiger partial charge in [0.05, 0.1) is 13.2 Å². The van der Waals surface area contributed by atoms with E-state index >= 15 is 0 Å². The van der Waals surface area contributed by atoms with E-state index < -0.39 is 18.1 Å². The highest BCUT2D eigenvalue weighted by atomic mass is 16.5. The van der Waals surface area contributed by atoms with Crippen molar-refractivity contribution in [1.29, 1.82) is 0 Å². The molecule has 4 rings (SSSR count). The summed E-state index contributed by atoms with van der Waals surface area (Å²) in [5, 5.41) is 14.5. The highest BCUT2D eigenvalue weighted by Crippen LogP contribution is 2.34. The van der Waals surface area contributed by atoms with Crippen LogP contribution in [0.5, 0.6) is 5.75 Å². The number of likely N-dealkylation sites (N-methyl/N-ethyl adjacent to an activating group) is 1. The first-order valence-corrected chi connectivity index (χ1v) is 15.0. The smallest absolute Gasteiger partial charge is 0.314 e. The van der Waals surface area contributed by atoms with E-state index in [4.69, 9.17) is 4.74 Å². The molecule has 5 atom stereocenters. The Bertz CT molecular complexity index is 1240. The normalized spacial score (nSPS) is 22.1. The number of carbonyl (C=O) groups excluding carboxylic acids is 4. The molecular weight excluding hydrogens is 548 g/mol. The third kappa shape index (κ3) is 8.25. The van der Waals surface area contributed by atoms with Crippen molar-refractivity contribution in [3.63, 3.8) is 0 Å². The molecule has 2 aliphatic heterocycles. The number of urea groups is 1. The molecule has 2 aliphatic rings. The fraction of sp³-hybridized carbons (Fsp3) is 0.500. The fourth-order valence-electron chi connectivity index (χ4n) is 6.07. The van der Waals surface area contributed by atoms with E-state index in [0.29, 0.717) is 45.1 Å². The van der Waals surface area contributed by atoms with Crippen molar-refractivity contribution in [2.24, 2.45) is 5.92 Å². The van der Waals surface area contributed by atoms with Crippen LogP contribution in [0.3, 0.4) is 0 Å². The van der Waals surface area contributed by atoms with Crippen molar-refractivity contribution in [2.75, 3.05) is 34.3 Å². The van der Waals surface area contributed by atoms with Gasteiger partial charge in [0, 0.05) is 32.1 Å². The third-order valence-corrected chi connectivity index (χ3v) is 8.54. The van der Waals surface area contributed by atoms with Gasteiger partial charge in [0.25, 0.3) is 0 Å². The molecule has 0 spiro atoms. The highest BCUT2D eigenvalue weighted by Gasteiger charge is 2.47. The molecule has 5 amide bonds. The van der Waals surface area contributed by atoms with Gasteiger partial charge in [-0.3, -0.25) is 14.4 Å². The first kappa shape index (κ1) is 31.8. The second-order valence-corrected chi connectivity index (χ2v) is 11.2. The van der Waals surface area contributed by atoms with E-state index in [1.807, 2.05) is 54.6 Å². The second-order valence-electron chi connectivity index (χ2n) is 11.2. The van der Waals surface area contributed by atoms with Crippen molar-refractivity contribution < 1.29 is 23.9 Å². The molecule has 0 aliphatic carbocycles. The predicted molar refractivity (Wildman–Crippen MR) is 163 cm³/mol. The quantitative estimate of drug-likeness (QED) is 0.252. The Morgan fingerprint density at radius 1 is 0.930 bits per heavy atom. The van der Waals surface area contributed by atoms with E-state index in [9.17, 15) is 19.2 Å². The number of hydrogen-bond donors (Lipinski definition) is 5. The maximum Gasteiger partial charge on any atom is 0.314 e. The molecule has 2 aromatic carbocycles. The molecule has 5 N–H and O–H groups in total. The van der Waals surface area contributed by atoms with Crippen LogP contribution < -0.4 is 31.3 Å². The number of nitrogens with one attached hydrogen (secondary N) is 5. The molecule has 0 radical (unpaired) electrons. The first-order chi connectivity index (χ1) is 20.8. The molecular formula is C32H44N6O5. The predicted octanol–water partition coefficient (Wildman–Crippen LogP) is 1.37. The molecule has 2 saturated heterocycles. The summed E-state index contributed by atoms with van der Waals surface area (Å²) < 4.78 is 5.21. The number of methoxy groups -OCH3 is 1. The van der Waals surface area contributed by atoms with Crippen LogP contribution in [0.15, 0.2) is 54.6 Å². The Hall–Kier alpha value is -4.12. The lowest BCUT2D eigenvalue weighted by Crippen LogP contribution is -2.59. The molecule has 232 valence electrons. The van der Waals surface area contributed by atoms with Gasteiger partial charge in [-0.1, -0.05) is 42.5 Å². The summed E-state index contributed by atoms with van der Waals surface area (Å²) in [4.78, 5) is 54.8. The van der Waals surface area contributed by atoms with E-state index in [1.165, 1.54) is 7.05 Å². The average molecular weight is 593 g/mol. The van der Waals surface area contributed by atoms with Crippen LogP contribution in [0, 0.1) is 5.92 Å². The summed E-state index contributed by atoms with van der Waals surface area (Å²) in [7, 11) is 4.87. The van der Waals surface area contributed by atoms with Gasteiger partial charge < -0.3 is 36.2 Å². The first-order valence-electron chi connectivity index (χ1n) is 15.0. The van der Waals surface area contributed by atoms with Gasteiger partial charge in [0.1, 0.15) is 17.8 Å². The number of amides is 5. The Morgan fingerprint density at radius 2 is 1.65 bits per heavy atom. The number of benzene rings is 2. The molecule has 3 unspecified atom stereocenters. The number of ether oxygens (including phenoxy) is 1. The van der Waals surface area contributed by atoms with Gasteiger partial charge >= 0.3 is 6.03 Å². The van der Waals surface area contributed by atoms with Crippen LogP contribution in [0.2, 0.25) is 0 Å². The van der Waals surface area contributed by atoms with Crippen LogP contribution in [-0.4, -0.2) is 87.1 Å². The van der Waals surface area contributed by atoms with Crippen LogP contribution in [0.4, 0.5) is 4.79 Å². The van der Waals surface area contributed by atoms with E-state index in [0.717, 1.165) is 16.9 Å². The zero-order valence-corrected chi connectivity index (χ0v) is 25.2. The summed E-state index contributed by atoms with van der Waals surface area (Å²) in [5.74, 6) is -0.313. The molecule has 11 heteroatoms. The van der Waals surface area contributed by atoms with Gasteiger partial charge in [-0.2, -0.15) is 0 Å². The summed E-state index contributed by atoms with van der Waals surface area (Å²) >= 11 is 0. The van der Waals surface area contributed by atoms with Crippen LogP contribution in [0.1, 0.15) is 36.8 Å². The van der Waals surface area contributed by atoms with Gasteiger partial charge in [0.2, 0.25) is 17.7 Å². The van der Waals surface area contributed by atoms with Crippen LogP contribution >= 0.6 is 0 Å². The SMILES string of the molecule is CNC(=O)NCC1CCC2CC[C@@H](C(=O)NCCc3ccc(OC)cc3)N2C(=O)C1NC(=O)[C@@H](Cc1ccccc1)NC. The lowest BCUT2D eigenvalue weighted by Gasteiger charge is -2.33. The summed E-state index contributed by atoms with van der Waals surface area (Å²) in [6, 6.07) is 14.9. The van der Waals surface area contributed by atoms with Gasteiger partial charge in [0.15, 0.2) is 0 Å². The van der Waals surface area contributed by atoms with Crippen molar-refractivity contribution in [3.8, 4) is 5.75 Å². The average Bonchev–Trinajstić information content (AvgIpc) is 3.42. The van der Waals surface area contributed by atoms with Crippen LogP contribution in [0.25, 0.3) is 0 Å². The maximum atomic E-state index is 14.2. The standard InChI is InChI=1S/C32H44N6O5/c1-33-26(19-22-7-5-4-6-8-22)29(39)37-28-23(20-36-32(42)34-2)11-12-24-13-16-27(38(24)31(28)41)30(40)35-18-17-21-9-14-25(43-3)15-10-21/h4-10,14-15,23-24,26-28,33H,11-13,16-20H2,1-3H3,(H,35,40)(H,37,39)(H2,34,36,42)/t23?,24?,26-,27+,28?/m1/s1. The lowest BCUT2D eigenvalue weighted by atomic mass is 9.92. The molecule has 2 fully saturated rings. The Labute approximate surface area is 253 Å². The van der Waals surface area contributed by atoms with E-state index in [1.54, 1.807) is 19.1 Å². The van der Waals surface area contributed by atoms with Crippen LogP contribution in [-0.2, 0) is 27.2 Å². The highest BCUT2D eigenvalue weighted by molar-refractivity contribution is 5.94. The summed E-state index contributed by atoms with van der Waals surface area (Å²) in [5.41, 5.74) is 2.06. The molecule has 0 aromatic heterocycles. The summed E-state index contributed by atoms with van der Waals surface area (Å²) in [6.07, 6.45) is 3.70. The summed E-state index contributed by atoms with van der Waals surface area (Å²) in [6.45, 7) is 0.662. The Balaban J connectivity index is 1.47. The topological polar surface area (TPSA) is 141 Å². The van der Waals surface area contributed by atoms with E-state index in [2.05, 4.69) is 26.6 Å². The maximum absolute atomic E-state index is 14.2. The number of fused-ring (bicyclic) bond motifs is 1. The second kappa shape index (κ2) is 15.4. The van der Waals surface area contributed by atoms with Gasteiger partial charge in [-0.15, -0.1) is 0 Å². The van der Waals surface area contributed by atoms with Crippen molar-refractivity contribution >= 4 is 23.8 Å². The third-order valence-electron chi connectivity index (χ3n) is 8.54. The minimum atomic E-state index is -0.881. The van der Waals surface area contributed by atoms with E-state index in [-0.39, 0.29) is 42.3 Å². The number of nitrogens with zero attached hydrogens (tertiary/aromatic N) is 1. The number of hydrogen-bond acceptors (Lipinski definition) is 6. The van der Waals surface area contributed by atoms with Crippen molar-refractivity contribution in [3.05, 3.63) is 65.7 Å². The minimum Gasteiger partial charge on any atom is -0.497 e. The van der Waals surface area contributed by atoms with Gasteiger partial charge in [-0.05, 0) is 68.8 Å². The van der Waals surface area contributed by atoms with Gasteiger partial charge in [-0.25, -0.2) is 4.79 Å². The lowest BCUT2D eigenvalue weighted by molar-refractivity contribution is -0.143. The molecule has 43 heavy (non-hydrogen) atoms. The van der Waals surface area contributed by atoms with Crippen molar-refractivity contribution in [2.45, 2.75) is 62.7 Å². The molecule has 11 nitrogen and oxygen atoms in total. The Kier molecular flexibility index (Phi) is 11.4. The molecule has 0 bridgehead atoms. The zero-order valence-electron chi connectivity index (χ0n) is 25.2. The largest absolute Gasteiger partial charge is 0.497 e. The molecule has 2 aromatic rings. The fourth-order valence-corrected chi connectivity index (χ4v) is 6.07. The molecule has 2 heterocycles. The van der Waals surface area contributed by atoms with Crippen molar-refractivity contribution in [1.82, 2.24) is 31.5 Å².